The van der Waals surface area contributed by atoms with E-state index in [1.807, 2.05) is 30.3 Å². The number of nitrogens with zero attached hydrogens (tertiary/aromatic N) is 2. The fourth-order valence-corrected chi connectivity index (χ4v) is 3.77. The van der Waals surface area contributed by atoms with Crippen LogP contribution in [0.4, 0.5) is 22.7 Å². The molecule has 1 fully saturated rings. The van der Waals surface area contributed by atoms with Crippen LogP contribution >= 0.6 is 11.6 Å². The molecule has 34 heavy (non-hydrogen) atoms. The van der Waals surface area contributed by atoms with Gasteiger partial charge >= 0.3 is 0 Å². The molecule has 0 radical (unpaired) electrons. The topological polar surface area (TPSA) is 122 Å². The predicted octanol–water partition coefficient (Wildman–Crippen LogP) is 4.49. The third-order valence-corrected chi connectivity index (χ3v) is 5.72. The summed E-state index contributed by atoms with van der Waals surface area (Å²) in [5.41, 5.74) is 1.41. The zero-order valence-corrected chi connectivity index (χ0v) is 18.5. The minimum atomic E-state index is -0.583. The molecule has 0 bridgehead atoms. The summed E-state index contributed by atoms with van der Waals surface area (Å²) in [6, 6.07) is 19.1. The largest absolute Gasteiger partial charge is 0.326 e. The lowest BCUT2D eigenvalue weighted by atomic mass is 10.1. The normalized spacial score (nSPS) is 15.1. The van der Waals surface area contributed by atoms with Gasteiger partial charge < -0.3 is 15.5 Å². The fraction of sp³-hybridized carbons (Fsp3) is 0.125. The number of hydrogen-bond acceptors (Lipinski definition) is 5. The fourth-order valence-electron chi connectivity index (χ4n) is 3.61. The second kappa shape index (κ2) is 9.72. The Morgan fingerprint density at radius 3 is 2.38 bits per heavy atom. The maximum absolute atomic E-state index is 12.7. The van der Waals surface area contributed by atoms with Crippen molar-refractivity contribution in [3.8, 4) is 0 Å². The minimum absolute atomic E-state index is 0.113. The number of amides is 3. The number of nitro benzene ring substituents is 1. The lowest BCUT2D eigenvalue weighted by Crippen LogP contribution is -2.28. The molecule has 2 N–H and O–H groups in total. The standard InChI is InChI=1S/C24H19ClN4O5/c25-20-11-10-19(29(33)34)13-21(20)27-23(31)15-6-8-17(9-7-15)26-24(32)16-12-22(30)28(14-16)18-4-2-1-3-5-18/h1-11,13,16H,12,14H2,(H,26,32)(H,27,31). The van der Waals surface area contributed by atoms with Gasteiger partial charge in [-0.1, -0.05) is 29.8 Å². The molecule has 3 aromatic rings. The van der Waals surface area contributed by atoms with E-state index in [0.717, 1.165) is 5.69 Å². The molecule has 0 saturated carbocycles. The van der Waals surface area contributed by atoms with Crippen LogP contribution in [-0.2, 0) is 9.59 Å². The molecule has 1 heterocycles. The van der Waals surface area contributed by atoms with Crippen molar-refractivity contribution in [3.05, 3.63) is 93.5 Å². The number of carbonyl (C=O) groups excluding carboxylic acids is 3. The number of hydrogen-bond donors (Lipinski definition) is 2. The van der Waals surface area contributed by atoms with E-state index in [1.54, 1.807) is 17.0 Å². The van der Waals surface area contributed by atoms with Crippen molar-refractivity contribution in [2.24, 2.45) is 5.92 Å². The number of para-hydroxylation sites is 1. The number of benzene rings is 3. The van der Waals surface area contributed by atoms with Gasteiger partial charge in [0.05, 0.1) is 21.6 Å². The monoisotopic (exact) mass is 478 g/mol. The number of rotatable bonds is 6. The highest BCUT2D eigenvalue weighted by Crippen LogP contribution is 2.28. The molecule has 1 aliphatic rings. The molecule has 1 saturated heterocycles. The second-order valence-corrected chi connectivity index (χ2v) is 8.09. The van der Waals surface area contributed by atoms with Gasteiger partial charge in [-0.15, -0.1) is 0 Å². The summed E-state index contributed by atoms with van der Waals surface area (Å²) >= 11 is 6.02. The number of non-ortho nitro benzene ring substituents is 1. The number of anilines is 3. The molecular weight excluding hydrogens is 460 g/mol. The first-order valence-electron chi connectivity index (χ1n) is 10.3. The van der Waals surface area contributed by atoms with Crippen molar-refractivity contribution in [1.29, 1.82) is 0 Å². The Morgan fingerprint density at radius 2 is 1.71 bits per heavy atom. The summed E-state index contributed by atoms with van der Waals surface area (Å²) in [5.74, 6) is -1.41. The van der Waals surface area contributed by atoms with Gasteiger partial charge in [0, 0.05) is 42.0 Å². The summed E-state index contributed by atoms with van der Waals surface area (Å²) in [6.45, 7) is 0.291. The minimum Gasteiger partial charge on any atom is -0.326 e. The summed E-state index contributed by atoms with van der Waals surface area (Å²) < 4.78 is 0. The van der Waals surface area contributed by atoms with E-state index in [2.05, 4.69) is 10.6 Å². The van der Waals surface area contributed by atoms with Crippen LogP contribution in [0.2, 0.25) is 5.02 Å². The quantitative estimate of drug-likeness (QED) is 0.399. The van der Waals surface area contributed by atoms with Gasteiger partial charge in [0.2, 0.25) is 11.8 Å². The van der Waals surface area contributed by atoms with Crippen LogP contribution in [0, 0.1) is 16.0 Å². The molecule has 0 aliphatic carbocycles. The first kappa shape index (κ1) is 22.9. The number of nitrogens with one attached hydrogen (secondary N) is 2. The van der Waals surface area contributed by atoms with Crippen molar-refractivity contribution in [2.45, 2.75) is 6.42 Å². The first-order chi connectivity index (χ1) is 16.3. The Balaban J connectivity index is 1.38. The molecule has 1 aliphatic heterocycles. The van der Waals surface area contributed by atoms with Crippen molar-refractivity contribution in [1.82, 2.24) is 0 Å². The number of nitro groups is 1. The molecule has 0 aromatic heterocycles. The number of halogens is 1. The van der Waals surface area contributed by atoms with E-state index < -0.39 is 16.7 Å². The van der Waals surface area contributed by atoms with Crippen LogP contribution in [0.3, 0.4) is 0 Å². The Hall–Kier alpha value is -4.24. The van der Waals surface area contributed by atoms with Crippen LogP contribution in [0.15, 0.2) is 72.8 Å². The van der Waals surface area contributed by atoms with Crippen molar-refractivity contribution < 1.29 is 19.3 Å². The Morgan fingerprint density at radius 1 is 1.00 bits per heavy atom. The van der Waals surface area contributed by atoms with Gasteiger partial charge in [-0.05, 0) is 42.5 Å². The van der Waals surface area contributed by atoms with Crippen molar-refractivity contribution in [3.63, 3.8) is 0 Å². The third kappa shape index (κ3) is 5.05. The van der Waals surface area contributed by atoms with Gasteiger partial charge in [-0.2, -0.15) is 0 Å². The van der Waals surface area contributed by atoms with Gasteiger partial charge in [0.25, 0.3) is 11.6 Å². The van der Waals surface area contributed by atoms with Gasteiger partial charge in [-0.25, -0.2) is 0 Å². The average molecular weight is 479 g/mol. The highest BCUT2D eigenvalue weighted by molar-refractivity contribution is 6.34. The van der Waals surface area contributed by atoms with E-state index in [9.17, 15) is 24.5 Å². The van der Waals surface area contributed by atoms with E-state index in [0.29, 0.717) is 12.2 Å². The lowest BCUT2D eigenvalue weighted by Gasteiger charge is -2.16. The second-order valence-electron chi connectivity index (χ2n) is 7.68. The summed E-state index contributed by atoms with van der Waals surface area (Å²) in [4.78, 5) is 49.5. The van der Waals surface area contributed by atoms with Crippen molar-refractivity contribution in [2.75, 3.05) is 22.1 Å². The van der Waals surface area contributed by atoms with E-state index >= 15 is 0 Å². The van der Waals surface area contributed by atoms with Crippen LogP contribution < -0.4 is 15.5 Å². The zero-order chi connectivity index (χ0) is 24.2. The molecule has 3 aromatic carbocycles. The summed E-state index contributed by atoms with van der Waals surface area (Å²) in [5, 5.41) is 16.4. The van der Waals surface area contributed by atoms with E-state index in [-0.39, 0.29) is 40.2 Å². The number of carbonyl (C=O) groups is 3. The van der Waals surface area contributed by atoms with Crippen LogP contribution in [0.5, 0.6) is 0 Å². The SMILES string of the molecule is O=C(Nc1cc([N+](=O)[O-])ccc1Cl)c1ccc(NC(=O)C2CC(=O)N(c3ccccc3)C2)cc1. The van der Waals surface area contributed by atoms with E-state index in [4.69, 9.17) is 11.6 Å². The molecule has 4 rings (SSSR count). The molecule has 9 nitrogen and oxygen atoms in total. The first-order valence-corrected chi connectivity index (χ1v) is 10.7. The molecule has 10 heteroatoms. The smallest absolute Gasteiger partial charge is 0.271 e. The van der Waals surface area contributed by atoms with Gasteiger partial charge in [-0.3, -0.25) is 24.5 Å². The molecule has 3 amide bonds. The molecule has 1 unspecified atom stereocenters. The Kier molecular flexibility index (Phi) is 6.55. The van der Waals surface area contributed by atoms with Gasteiger partial charge in [0.1, 0.15) is 0 Å². The maximum Gasteiger partial charge on any atom is 0.271 e. The molecule has 172 valence electrons. The maximum atomic E-state index is 12.7. The average Bonchev–Trinajstić information content (AvgIpc) is 3.23. The molecule has 1 atom stereocenters. The third-order valence-electron chi connectivity index (χ3n) is 5.39. The highest BCUT2D eigenvalue weighted by atomic mass is 35.5. The van der Waals surface area contributed by atoms with E-state index in [1.165, 1.54) is 30.3 Å². The van der Waals surface area contributed by atoms with Gasteiger partial charge in [0.15, 0.2) is 0 Å². The predicted molar refractivity (Wildman–Crippen MR) is 128 cm³/mol. The van der Waals surface area contributed by atoms with Crippen LogP contribution in [0.1, 0.15) is 16.8 Å². The Bertz CT molecular complexity index is 1260. The molecule has 0 spiro atoms. The zero-order valence-electron chi connectivity index (χ0n) is 17.7. The lowest BCUT2D eigenvalue weighted by molar-refractivity contribution is -0.384. The molecular formula is C24H19ClN4O5. The summed E-state index contributed by atoms with van der Waals surface area (Å²) in [6.07, 6.45) is 0.116. The van der Waals surface area contributed by atoms with Crippen LogP contribution in [-0.4, -0.2) is 29.2 Å². The Labute approximate surface area is 199 Å². The van der Waals surface area contributed by atoms with Crippen molar-refractivity contribution >= 4 is 52.1 Å². The van der Waals surface area contributed by atoms with Crippen LogP contribution in [0.25, 0.3) is 0 Å². The highest BCUT2D eigenvalue weighted by Gasteiger charge is 2.35. The summed E-state index contributed by atoms with van der Waals surface area (Å²) in [7, 11) is 0.